The maximum absolute atomic E-state index is 9.95. The van der Waals surface area contributed by atoms with Gasteiger partial charge in [0, 0.05) is 20.3 Å². The fourth-order valence-corrected chi connectivity index (χ4v) is 0.612. The Morgan fingerprint density at radius 2 is 2.09 bits per heavy atom. The first kappa shape index (κ1) is 10.2. The van der Waals surface area contributed by atoms with Crippen LogP contribution in [0.5, 0.6) is 0 Å². The molecule has 1 saturated heterocycles. The molecule has 0 atom stereocenters. The van der Waals surface area contributed by atoms with E-state index >= 15 is 0 Å². The van der Waals surface area contributed by atoms with Crippen LogP contribution in [0.25, 0.3) is 0 Å². The maximum Gasteiger partial charge on any atom is 0.243 e. The number of amides is 1. The molecule has 0 unspecified atom stereocenters. The van der Waals surface area contributed by atoms with Gasteiger partial charge in [-0.2, -0.15) is 0 Å². The van der Waals surface area contributed by atoms with Gasteiger partial charge >= 0.3 is 0 Å². The van der Waals surface area contributed by atoms with Crippen LogP contribution in [-0.2, 0) is 9.53 Å². The summed E-state index contributed by atoms with van der Waals surface area (Å²) in [6, 6.07) is 0. The van der Waals surface area contributed by atoms with Crippen LogP contribution in [0.2, 0.25) is 0 Å². The molecule has 1 aliphatic heterocycles. The van der Waals surface area contributed by atoms with Crippen molar-refractivity contribution in [2.24, 2.45) is 0 Å². The first-order chi connectivity index (χ1) is 5.31. The lowest BCUT2D eigenvalue weighted by Gasteiger charge is -1.82. The van der Waals surface area contributed by atoms with Gasteiger partial charge in [0.15, 0.2) is 0 Å². The van der Waals surface area contributed by atoms with Crippen LogP contribution in [-0.4, -0.2) is 26.2 Å². The molecule has 3 nitrogen and oxygen atoms in total. The molecule has 3 heteroatoms. The van der Waals surface area contributed by atoms with Gasteiger partial charge in [-0.05, 0) is 18.9 Å². The van der Waals surface area contributed by atoms with E-state index in [2.05, 4.69) is 11.9 Å². The van der Waals surface area contributed by atoms with Gasteiger partial charge in [0.2, 0.25) is 5.91 Å². The molecule has 1 heterocycles. The molecule has 0 radical (unpaired) electrons. The minimum atomic E-state index is -0.144. The summed E-state index contributed by atoms with van der Waals surface area (Å²) in [7, 11) is 1.56. The Labute approximate surface area is 67.4 Å². The maximum atomic E-state index is 9.95. The highest BCUT2D eigenvalue weighted by molar-refractivity contribution is 5.86. The number of carbonyl (C=O) groups is 1. The lowest BCUT2D eigenvalue weighted by atomic mass is 10.4. The van der Waals surface area contributed by atoms with E-state index in [4.69, 9.17) is 4.74 Å². The Kier molecular flexibility index (Phi) is 6.73. The molecular weight excluding hydrogens is 142 g/mol. The summed E-state index contributed by atoms with van der Waals surface area (Å²) in [6.07, 6.45) is 3.78. The molecule has 1 amide bonds. The van der Waals surface area contributed by atoms with Gasteiger partial charge in [-0.3, -0.25) is 4.79 Å². The summed E-state index contributed by atoms with van der Waals surface area (Å²) in [5.74, 6) is -0.144. The highest BCUT2D eigenvalue weighted by Crippen LogP contribution is 1.98. The lowest BCUT2D eigenvalue weighted by Crippen LogP contribution is -2.13. The van der Waals surface area contributed by atoms with Crippen molar-refractivity contribution in [1.82, 2.24) is 5.32 Å². The Morgan fingerprint density at radius 3 is 2.18 bits per heavy atom. The third-order valence-corrected chi connectivity index (χ3v) is 1.26. The van der Waals surface area contributed by atoms with E-state index in [-0.39, 0.29) is 5.91 Å². The van der Waals surface area contributed by atoms with Crippen LogP contribution >= 0.6 is 0 Å². The fourth-order valence-electron chi connectivity index (χ4n) is 0.612. The zero-order valence-corrected chi connectivity index (χ0v) is 6.93. The number of likely N-dealkylation sites (N-methyl/N-ethyl adjacent to an activating group) is 1. The molecule has 11 heavy (non-hydrogen) atoms. The van der Waals surface area contributed by atoms with Crippen molar-refractivity contribution in [2.45, 2.75) is 12.8 Å². The predicted octanol–water partition coefficient (Wildman–Crippen LogP) is 0.715. The van der Waals surface area contributed by atoms with Gasteiger partial charge in [0.05, 0.1) is 0 Å². The van der Waals surface area contributed by atoms with Gasteiger partial charge in [0.25, 0.3) is 0 Å². The van der Waals surface area contributed by atoms with Crippen LogP contribution in [0.1, 0.15) is 12.8 Å². The van der Waals surface area contributed by atoms with Crippen molar-refractivity contribution in [2.75, 3.05) is 20.3 Å². The summed E-state index contributed by atoms with van der Waals surface area (Å²) in [5.41, 5.74) is 0. The zero-order valence-electron chi connectivity index (χ0n) is 6.93. The fraction of sp³-hybridized carbons (Fsp3) is 0.625. The topological polar surface area (TPSA) is 38.3 Å². The summed E-state index contributed by atoms with van der Waals surface area (Å²) < 4.78 is 4.94. The first-order valence-corrected chi connectivity index (χ1v) is 3.73. The molecule has 0 spiro atoms. The van der Waals surface area contributed by atoms with E-state index in [0.29, 0.717) is 0 Å². The minimum absolute atomic E-state index is 0.144. The van der Waals surface area contributed by atoms with Crippen LogP contribution in [0.3, 0.4) is 0 Å². The number of rotatable bonds is 1. The molecule has 0 aliphatic carbocycles. The Morgan fingerprint density at radius 1 is 1.55 bits per heavy atom. The number of hydrogen-bond donors (Lipinski definition) is 1. The van der Waals surface area contributed by atoms with Crippen LogP contribution in [0.15, 0.2) is 12.7 Å². The van der Waals surface area contributed by atoms with E-state index in [0.717, 1.165) is 13.2 Å². The van der Waals surface area contributed by atoms with Crippen molar-refractivity contribution in [3.63, 3.8) is 0 Å². The normalized spacial score (nSPS) is 14.6. The Balaban J connectivity index is 0.000000183. The smallest absolute Gasteiger partial charge is 0.243 e. The third-order valence-electron chi connectivity index (χ3n) is 1.26. The third kappa shape index (κ3) is 7.06. The lowest BCUT2D eigenvalue weighted by molar-refractivity contribution is -0.116. The molecule has 0 aromatic rings. The average molecular weight is 157 g/mol. The number of hydrogen-bond acceptors (Lipinski definition) is 2. The number of carbonyl (C=O) groups excluding carboxylic acids is 1. The molecule has 1 N–H and O–H groups in total. The largest absolute Gasteiger partial charge is 0.381 e. The Bertz CT molecular complexity index is 112. The van der Waals surface area contributed by atoms with Gasteiger partial charge in [-0.15, -0.1) is 0 Å². The number of ether oxygens (including phenoxy) is 1. The zero-order chi connectivity index (χ0) is 8.53. The number of nitrogens with one attached hydrogen (secondary N) is 1. The second-order valence-corrected chi connectivity index (χ2v) is 2.14. The van der Waals surface area contributed by atoms with Crippen molar-refractivity contribution < 1.29 is 9.53 Å². The van der Waals surface area contributed by atoms with Gasteiger partial charge < -0.3 is 10.1 Å². The van der Waals surface area contributed by atoms with E-state index in [1.54, 1.807) is 7.05 Å². The van der Waals surface area contributed by atoms with Crippen LogP contribution < -0.4 is 5.32 Å². The molecular formula is C8H15NO2. The standard InChI is InChI=1S/C4H7NO.C4H8O/c1-3-4(6)5-2;1-2-4-5-3-1/h3H,1H2,2H3,(H,5,6);1-4H2. The van der Waals surface area contributed by atoms with E-state index < -0.39 is 0 Å². The molecule has 0 bridgehead atoms. The highest BCUT2D eigenvalue weighted by atomic mass is 16.5. The second-order valence-electron chi connectivity index (χ2n) is 2.14. The molecule has 1 rings (SSSR count). The monoisotopic (exact) mass is 157 g/mol. The predicted molar refractivity (Wildman–Crippen MR) is 44.3 cm³/mol. The molecule has 1 fully saturated rings. The quantitative estimate of drug-likeness (QED) is 0.569. The summed E-state index contributed by atoms with van der Waals surface area (Å²) in [4.78, 5) is 9.95. The van der Waals surface area contributed by atoms with E-state index in [1.807, 2.05) is 0 Å². The highest BCUT2D eigenvalue weighted by Gasteiger charge is 1.94. The second kappa shape index (κ2) is 7.28. The first-order valence-electron chi connectivity index (χ1n) is 3.73. The van der Waals surface area contributed by atoms with Crippen LogP contribution in [0.4, 0.5) is 0 Å². The summed E-state index contributed by atoms with van der Waals surface area (Å²) in [6.45, 7) is 5.22. The van der Waals surface area contributed by atoms with Crippen molar-refractivity contribution in [1.29, 1.82) is 0 Å². The van der Waals surface area contributed by atoms with Crippen LogP contribution in [0, 0.1) is 0 Å². The molecule has 0 saturated carbocycles. The summed E-state index contributed by atoms with van der Waals surface area (Å²) >= 11 is 0. The van der Waals surface area contributed by atoms with Gasteiger partial charge in [-0.1, -0.05) is 6.58 Å². The van der Waals surface area contributed by atoms with Gasteiger partial charge in [0.1, 0.15) is 0 Å². The Hall–Kier alpha value is -0.830. The van der Waals surface area contributed by atoms with E-state index in [9.17, 15) is 4.79 Å². The van der Waals surface area contributed by atoms with E-state index in [1.165, 1.54) is 18.9 Å². The van der Waals surface area contributed by atoms with Crippen molar-refractivity contribution in [3.05, 3.63) is 12.7 Å². The molecule has 0 aromatic heterocycles. The van der Waals surface area contributed by atoms with Crippen molar-refractivity contribution in [3.8, 4) is 0 Å². The van der Waals surface area contributed by atoms with Crippen molar-refractivity contribution >= 4 is 5.91 Å². The summed E-state index contributed by atoms with van der Waals surface area (Å²) in [5, 5.41) is 2.36. The average Bonchev–Trinajstić information content (AvgIpc) is 2.60. The molecule has 64 valence electrons. The van der Waals surface area contributed by atoms with Gasteiger partial charge in [-0.25, -0.2) is 0 Å². The molecule has 0 aromatic carbocycles. The molecule has 1 aliphatic rings. The SMILES string of the molecule is C1CCOC1.C=CC(=O)NC. The minimum Gasteiger partial charge on any atom is -0.381 e.